The summed E-state index contributed by atoms with van der Waals surface area (Å²) in [6.07, 6.45) is 1.52. The van der Waals surface area contributed by atoms with E-state index in [2.05, 4.69) is 0 Å². The first-order valence-electron chi connectivity index (χ1n) is 8.69. The van der Waals surface area contributed by atoms with Gasteiger partial charge in [-0.2, -0.15) is 0 Å². The highest BCUT2D eigenvalue weighted by atomic mass is 16.6. The van der Waals surface area contributed by atoms with Gasteiger partial charge in [-0.1, -0.05) is 12.1 Å². The zero-order valence-corrected chi connectivity index (χ0v) is 15.7. The molecule has 0 spiro atoms. The number of nitro benzene ring substituents is 1. The minimum Gasteiger partial charge on any atom is -0.339 e. The minimum absolute atomic E-state index is 0.00983. The molecule has 1 saturated heterocycles. The Labute approximate surface area is 153 Å². The molecular formula is C18H26N4O4. The Morgan fingerprint density at radius 1 is 1.31 bits per heavy atom. The van der Waals surface area contributed by atoms with Crippen LogP contribution in [-0.2, 0) is 4.79 Å². The van der Waals surface area contributed by atoms with Crippen molar-refractivity contribution in [3.63, 3.8) is 0 Å². The van der Waals surface area contributed by atoms with Crippen molar-refractivity contribution in [2.75, 3.05) is 34.2 Å². The van der Waals surface area contributed by atoms with Crippen molar-refractivity contribution in [2.24, 2.45) is 5.92 Å². The van der Waals surface area contributed by atoms with E-state index in [1.165, 1.54) is 17.0 Å². The van der Waals surface area contributed by atoms with E-state index in [1.807, 2.05) is 6.92 Å². The van der Waals surface area contributed by atoms with Gasteiger partial charge in [-0.05, 0) is 25.3 Å². The maximum atomic E-state index is 12.9. The standard InChI is InChI=1S/C18H26N4O4/c1-13(14-7-5-9-16(11-14)22(25)26)20(4)17(23)15-8-6-10-21(12-15)18(24)19(2)3/h5,7,9,11,13,15H,6,8,10,12H2,1-4H3/t13-,15+/m1/s1. The van der Waals surface area contributed by atoms with Gasteiger partial charge in [-0.25, -0.2) is 4.79 Å². The molecule has 0 unspecified atom stereocenters. The Hall–Kier alpha value is -2.64. The molecule has 1 aliphatic heterocycles. The minimum atomic E-state index is -0.441. The highest BCUT2D eigenvalue weighted by molar-refractivity contribution is 5.81. The fourth-order valence-corrected chi connectivity index (χ4v) is 3.24. The van der Waals surface area contributed by atoms with E-state index >= 15 is 0 Å². The second kappa shape index (κ2) is 8.16. The molecule has 0 saturated carbocycles. The van der Waals surface area contributed by atoms with Crippen LogP contribution >= 0.6 is 0 Å². The van der Waals surface area contributed by atoms with Gasteiger partial charge in [0.1, 0.15) is 0 Å². The number of non-ortho nitro benzene ring substituents is 1. The van der Waals surface area contributed by atoms with Gasteiger partial charge in [0, 0.05) is 46.4 Å². The summed E-state index contributed by atoms with van der Waals surface area (Å²) in [4.78, 5) is 40.4. The average molecular weight is 362 g/mol. The summed E-state index contributed by atoms with van der Waals surface area (Å²) in [5.41, 5.74) is 0.725. The van der Waals surface area contributed by atoms with Gasteiger partial charge in [0.05, 0.1) is 16.9 Å². The molecule has 0 bridgehead atoms. The number of nitro groups is 1. The van der Waals surface area contributed by atoms with Crippen LogP contribution in [-0.4, -0.2) is 65.8 Å². The van der Waals surface area contributed by atoms with Crippen molar-refractivity contribution in [3.05, 3.63) is 39.9 Å². The largest absolute Gasteiger partial charge is 0.339 e. The second-order valence-corrected chi connectivity index (χ2v) is 6.94. The lowest BCUT2D eigenvalue weighted by atomic mass is 9.95. The van der Waals surface area contributed by atoms with E-state index in [4.69, 9.17) is 0 Å². The highest BCUT2D eigenvalue weighted by Gasteiger charge is 2.32. The molecule has 8 heteroatoms. The predicted octanol–water partition coefficient (Wildman–Crippen LogP) is 2.51. The van der Waals surface area contributed by atoms with Crippen LogP contribution in [0.25, 0.3) is 0 Å². The number of urea groups is 1. The number of piperidine rings is 1. The average Bonchev–Trinajstić information content (AvgIpc) is 2.65. The SMILES string of the molecule is C[C@H](c1cccc([N+](=O)[O-])c1)N(C)C(=O)[C@H]1CCCN(C(=O)N(C)C)C1. The molecule has 1 aromatic rings. The third-order valence-corrected chi connectivity index (χ3v) is 4.92. The van der Waals surface area contributed by atoms with Gasteiger partial charge in [-0.15, -0.1) is 0 Å². The topological polar surface area (TPSA) is 87.0 Å². The lowest BCUT2D eigenvalue weighted by Crippen LogP contribution is -2.49. The number of hydrogen-bond donors (Lipinski definition) is 0. The smallest absolute Gasteiger partial charge is 0.319 e. The molecule has 1 fully saturated rings. The van der Waals surface area contributed by atoms with Crippen LogP contribution in [0.3, 0.4) is 0 Å². The van der Waals surface area contributed by atoms with Crippen LogP contribution in [0.15, 0.2) is 24.3 Å². The molecule has 1 aliphatic rings. The van der Waals surface area contributed by atoms with E-state index in [9.17, 15) is 19.7 Å². The summed E-state index contributed by atoms with van der Waals surface area (Å²) in [7, 11) is 5.10. The molecule has 142 valence electrons. The molecule has 2 atom stereocenters. The van der Waals surface area contributed by atoms with Gasteiger partial charge >= 0.3 is 6.03 Å². The fraction of sp³-hybridized carbons (Fsp3) is 0.556. The number of rotatable bonds is 4. The molecule has 1 aromatic carbocycles. The maximum Gasteiger partial charge on any atom is 0.319 e. The van der Waals surface area contributed by atoms with Crippen molar-refractivity contribution in [1.82, 2.24) is 14.7 Å². The van der Waals surface area contributed by atoms with E-state index in [1.54, 1.807) is 43.1 Å². The van der Waals surface area contributed by atoms with Crippen LogP contribution in [0, 0.1) is 16.0 Å². The van der Waals surface area contributed by atoms with E-state index < -0.39 is 4.92 Å². The van der Waals surface area contributed by atoms with Crippen molar-refractivity contribution in [2.45, 2.75) is 25.8 Å². The molecule has 2 rings (SSSR count). The van der Waals surface area contributed by atoms with Crippen LogP contribution < -0.4 is 0 Å². The Morgan fingerprint density at radius 3 is 2.62 bits per heavy atom. The van der Waals surface area contributed by atoms with E-state index in [0.29, 0.717) is 18.7 Å². The molecule has 0 radical (unpaired) electrons. The van der Waals surface area contributed by atoms with Crippen molar-refractivity contribution >= 4 is 17.6 Å². The van der Waals surface area contributed by atoms with Crippen molar-refractivity contribution in [1.29, 1.82) is 0 Å². The number of nitrogens with zero attached hydrogens (tertiary/aromatic N) is 4. The third-order valence-electron chi connectivity index (χ3n) is 4.92. The quantitative estimate of drug-likeness (QED) is 0.608. The van der Waals surface area contributed by atoms with Crippen LogP contribution in [0.4, 0.5) is 10.5 Å². The molecule has 26 heavy (non-hydrogen) atoms. The monoisotopic (exact) mass is 362 g/mol. The summed E-state index contributed by atoms with van der Waals surface area (Å²) in [6, 6.07) is 5.96. The first-order valence-corrected chi connectivity index (χ1v) is 8.69. The number of carbonyl (C=O) groups excluding carboxylic acids is 2. The fourth-order valence-electron chi connectivity index (χ4n) is 3.24. The molecular weight excluding hydrogens is 336 g/mol. The van der Waals surface area contributed by atoms with Crippen molar-refractivity contribution in [3.8, 4) is 0 Å². The van der Waals surface area contributed by atoms with Gasteiger partial charge in [0.15, 0.2) is 0 Å². The molecule has 1 heterocycles. The lowest BCUT2D eigenvalue weighted by Gasteiger charge is -2.36. The third kappa shape index (κ3) is 4.30. The Kier molecular flexibility index (Phi) is 6.18. The first-order chi connectivity index (χ1) is 12.2. The normalized spacial score (nSPS) is 18.2. The van der Waals surface area contributed by atoms with Gasteiger partial charge < -0.3 is 14.7 Å². The number of benzene rings is 1. The number of likely N-dealkylation sites (tertiary alicyclic amines) is 1. The Bertz CT molecular complexity index is 692. The second-order valence-electron chi connectivity index (χ2n) is 6.94. The molecule has 0 aromatic heterocycles. The van der Waals surface area contributed by atoms with Gasteiger partial charge in [0.2, 0.25) is 5.91 Å². The summed E-state index contributed by atoms with van der Waals surface area (Å²) >= 11 is 0. The summed E-state index contributed by atoms with van der Waals surface area (Å²) in [6.45, 7) is 2.91. The van der Waals surface area contributed by atoms with Crippen LogP contribution in [0.5, 0.6) is 0 Å². The summed E-state index contributed by atoms with van der Waals surface area (Å²) in [5.74, 6) is -0.293. The Morgan fingerprint density at radius 2 is 2.00 bits per heavy atom. The van der Waals surface area contributed by atoms with E-state index in [-0.39, 0.29) is 29.6 Å². The number of carbonyl (C=O) groups is 2. The Balaban J connectivity index is 2.09. The molecule has 0 N–H and O–H groups in total. The van der Waals surface area contributed by atoms with Crippen LogP contribution in [0.1, 0.15) is 31.4 Å². The number of amides is 3. The van der Waals surface area contributed by atoms with Gasteiger partial charge in [0.25, 0.3) is 5.69 Å². The number of hydrogen-bond acceptors (Lipinski definition) is 4. The predicted molar refractivity (Wildman–Crippen MR) is 97.7 cm³/mol. The first kappa shape index (κ1) is 19.7. The summed E-state index contributed by atoms with van der Waals surface area (Å²) in [5, 5.41) is 11.0. The zero-order chi connectivity index (χ0) is 19.4. The maximum absolute atomic E-state index is 12.9. The summed E-state index contributed by atoms with van der Waals surface area (Å²) < 4.78 is 0. The molecule has 0 aliphatic carbocycles. The van der Waals surface area contributed by atoms with Gasteiger partial charge in [-0.3, -0.25) is 14.9 Å². The molecule has 3 amide bonds. The van der Waals surface area contributed by atoms with Crippen LogP contribution in [0.2, 0.25) is 0 Å². The zero-order valence-electron chi connectivity index (χ0n) is 15.7. The highest BCUT2D eigenvalue weighted by Crippen LogP contribution is 2.26. The molecule has 8 nitrogen and oxygen atoms in total. The lowest BCUT2D eigenvalue weighted by molar-refractivity contribution is -0.384. The van der Waals surface area contributed by atoms with Crippen molar-refractivity contribution < 1.29 is 14.5 Å². The van der Waals surface area contributed by atoms with E-state index in [0.717, 1.165) is 12.8 Å².